The van der Waals surface area contributed by atoms with Gasteiger partial charge in [0.05, 0.1) is 16.8 Å². The molecule has 1 aromatic heterocycles. The molecule has 3 rings (SSSR count). The minimum Gasteiger partial charge on any atom is -0.493 e. The lowest BCUT2D eigenvalue weighted by molar-refractivity contribution is 0.287. The highest BCUT2D eigenvalue weighted by Crippen LogP contribution is 2.33. The van der Waals surface area contributed by atoms with Crippen molar-refractivity contribution in [3.05, 3.63) is 58.4 Å². The molecule has 0 spiro atoms. The van der Waals surface area contributed by atoms with Gasteiger partial charge in [0.15, 0.2) is 11.5 Å². The minimum atomic E-state index is 0.510. The van der Waals surface area contributed by atoms with Crippen LogP contribution in [0.2, 0.25) is 5.02 Å². The van der Waals surface area contributed by atoms with Gasteiger partial charge in [0, 0.05) is 4.88 Å². The molecule has 0 saturated carbocycles. The highest BCUT2D eigenvalue weighted by molar-refractivity contribution is 7.19. The van der Waals surface area contributed by atoms with Crippen LogP contribution in [0, 0.1) is 0 Å². The van der Waals surface area contributed by atoms with Crippen LogP contribution in [-0.4, -0.2) is 7.11 Å². The van der Waals surface area contributed by atoms with Crippen LogP contribution in [0.5, 0.6) is 11.5 Å². The van der Waals surface area contributed by atoms with E-state index in [-0.39, 0.29) is 0 Å². The number of ether oxygens (including phenoxy) is 2. The molecule has 0 amide bonds. The molecule has 0 bridgehead atoms. The number of hydrogen-bond acceptors (Lipinski definition) is 3. The van der Waals surface area contributed by atoms with Gasteiger partial charge in [-0.1, -0.05) is 35.9 Å². The summed E-state index contributed by atoms with van der Waals surface area (Å²) < 4.78 is 12.2. The van der Waals surface area contributed by atoms with E-state index >= 15 is 0 Å². The van der Waals surface area contributed by atoms with Crippen molar-refractivity contribution in [1.29, 1.82) is 0 Å². The Morgan fingerprint density at radius 1 is 1.05 bits per heavy atom. The van der Waals surface area contributed by atoms with Crippen molar-refractivity contribution in [2.45, 2.75) is 6.61 Å². The molecular weight excluding hydrogens is 292 g/mol. The molecule has 0 aliphatic carbocycles. The molecular formula is C16H13ClO2S. The summed E-state index contributed by atoms with van der Waals surface area (Å²) in [6.45, 7) is 0.510. The molecule has 0 saturated heterocycles. The van der Waals surface area contributed by atoms with E-state index in [1.54, 1.807) is 18.4 Å². The summed E-state index contributed by atoms with van der Waals surface area (Å²) in [4.78, 5) is 1.14. The number of benzene rings is 2. The Morgan fingerprint density at radius 2 is 1.85 bits per heavy atom. The fourth-order valence-corrected chi connectivity index (χ4v) is 3.31. The monoisotopic (exact) mass is 304 g/mol. The molecule has 0 unspecified atom stereocenters. The van der Waals surface area contributed by atoms with Gasteiger partial charge in [-0.25, -0.2) is 0 Å². The fourth-order valence-electron chi connectivity index (χ4n) is 2.04. The first-order chi connectivity index (χ1) is 9.78. The molecule has 0 N–H and O–H groups in total. The predicted molar refractivity (Wildman–Crippen MR) is 84.2 cm³/mol. The zero-order valence-corrected chi connectivity index (χ0v) is 12.5. The van der Waals surface area contributed by atoms with Crippen LogP contribution in [0.3, 0.4) is 0 Å². The third kappa shape index (κ3) is 2.60. The van der Waals surface area contributed by atoms with E-state index < -0.39 is 0 Å². The quantitative estimate of drug-likeness (QED) is 0.664. The molecule has 20 heavy (non-hydrogen) atoms. The SMILES string of the molecule is COc1ccccc1OCc1cc2cccc(Cl)c2s1. The second-order valence-corrected chi connectivity index (χ2v) is 5.85. The maximum Gasteiger partial charge on any atom is 0.161 e. The molecule has 2 aromatic carbocycles. The summed E-state index contributed by atoms with van der Waals surface area (Å²) in [5, 5.41) is 1.94. The van der Waals surface area contributed by atoms with Crippen molar-refractivity contribution in [1.82, 2.24) is 0 Å². The average molecular weight is 305 g/mol. The molecule has 3 aromatic rings. The van der Waals surface area contributed by atoms with E-state index in [0.717, 1.165) is 31.5 Å². The van der Waals surface area contributed by atoms with Crippen LogP contribution in [0.15, 0.2) is 48.5 Å². The van der Waals surface area contributed by atoms with Gasteiger partial charge in [0.25, 0.3) is 0 Å². The van der Waals surface area contributed by atoms with Gasteiger partial charge < -0.3 is 9.47 Å². The highest BCUT2D eigenvalue weighted by atomic mass is 35.5. The van der Waals surface area contributed by atoms with E-state index in [1.807, 2.05) is 36.4 Å². The Bertz CT molecular complexity index is 736. The van der Waals surface area contributed by atoms with Crippen molar-refractivity contribution < 1.29 is 9.47 Å². The molecule has 0 radical (unpaired) electrons. The molecule has 0 aliphatic rings. The lowest BCUT2D eigenvalue weighted by Crippen LogP contribution is -1.95. The minimum absolute atomic E-state index is 0.510. The third-order valence-electron chi connectivity index (χ3n) is 2.99. The molecule has 0 atom stereocenters. The van der Waals surface area contributed by atoms with Gasteiger partial charge in [0.1, 0.15) is 6.61 Å². The summed E-state index contributed by atoms with van der Waals surface area (Å²) in [5.74, 6) is 1.49. The van der Waals surface area contributed by atoms with Gasteiger partial charge in [-0.2, -0.15) is 0 Å². The van der Waals surface area contributed by atoms with Crippen molar-refractivity contribution in [2.75, 3.05) is 7.11 Å². The first-order valence-corrected chi connectivity index (χ1v) is 7.40. The maximum atomic E-state index is 6.18. The number of methoxy groups -OCH3 is 1. The van der Waals surface area contributed by atoms with Crippen LogP contribution in [0.4, 0.5) is 0 Å². The Morgan fingerprint density at radius 3 is 2.60 bits per heavy atom. The first kappa shape index (κ1) is 13.3. The maximum absolute atomic E-state index is 6.18. The molecule has 2 nitrogen and oxygen atoms in total. The van der Waals surface area contributed by atoms with Gasteiger partial charge >= 0.3 is 0 Å². The van der Waals surface area contributed by atoms with E-state index in [1.165, 1.54) is 0 Å². The summed E-state index contributed by atoms with van der Waals surface area (Å²) in [6.07, 6.45) is 0. The van der Waals surface area contributed by atoms with Crippen LogP contribution in [0.25, 0.3) is 10.1 Å². The number of para-hydroxylation sites is 2. The van der Waals surface area contributed by atoms with E-state index in [0.29, 0.717) is 6.61 Å². The van der Waals surface area contributed by atoms with E-state index in [9.17, 15) is 0 Å². The van der Waals surface area contributed by atoms with Crippen LogP contribution >= 0.6 is 22.9 Å². The van der Waals surface area contributed by atoms with Crippen molar-refractivity contribution in [3.8, 4) is 11.5 Å². The van der Waals surface area contributed by atoms with Crippen molar-refractivity contribution >= 4 is 33.0 Å². The van der Waals surface area contributed by atoms with Crippen molar-refractivity contribution in [3.63, 3.8) is 0 Å². The number of hydrogen-bond donors (Lipinski definition) is 0. The fraction of sp³-hybridized carbons (Fsp3) is 0.125. The topological polar surface area (TPSA) is 18.5 Å². The lowest BCUT2D eigenvalue weighted by atomic mass is 10.2. The number of rotatable bonds is 4. The summed E-state index contributed by atoms with van der Waals surface area (Å²) in [6, 6.07) is 15.7. The zero-order chi connectivity index (χ0) is 13.9. The van der Waals surface area contributed by atoms with Crippen LogP contribution in [-0.2, 0) is 6.61 Å². The van der Waals surface area contributed by atoms with Gasteiger partial charge in [0.2, 0.25) is 0 Å². The Hall–Kier alpha value is -1.71. The smallest absolute Gasteiger partial charge is 0.161 e. The van der Waals surface area contributed by atoms with Gasteiger partial charge in [-0.3, -0.25) is 0 Å². The number of halogens is 1. The van der Waals surface area contributed by atoms with Crippen LogP contribution in [0.1, 0.15) is 4.88 Å². The van der Waals surface area contributed by atoms with E-state index in [4.69, 9.17) is 21.1 Å². The first-order valence-electron chi connectivity index (χ1n) is 6.20. The summed E-state index contributed by atoms with van der Waals surface area (Å²) in [7, 11) is 1.64. The molecule has 1 heterocycles. The highest BCUT2D eigenvalue weighted by Gasteiger charge is 2.07. The molecule has 0 fully saturated rings. The van der Waals surface area contributed by atoms with Crippen molar-refractivity contribution in [2.24, 2.45) is 0 Å². The molecule has 0 aliphatic heterocycles. The Kier molecular flexibility index (Phi) is 3.81. The summed E-state index contributed by atoms with van der Waals surface area (Å²) >= 11 is 7.84. The van der Waals surface area contributed by atoms with Gasteiger partial charge in [-0.15, -0.1) is 11.3 Å². The number of fused-ring (bicyclic) bond motifs is 1. The average Bonchev–Trinajstić information content (AvgIpc) is 2.90. The number of thiophene rings is 1. The third-order valence-corrected chi connectivity index (χ3v) is 4.57. The van der Waals surface area contributed by atoms with Gasteiger partial charge in [-0.05, 0) is 29.7 Å². The Labute approximate surface area is 126 Å². The van der Waals surface area contributed by atoms with Crippen LogP contribution < -0.4 is 9.47 Å². The molecule has 4 heteroatoms. The predicted octanol–water partition coefficient (Wildman–Crippen LogP) is 5.14. The summed E-state index contributed by atoms with van der Waals surface area (Å²) in [5.41, 5.74) is 0. The lowest BCUT2D eigenvalue weighted by Gasteiger charge is -2.08. The normalized spacial score (nSPS) is 10.7. The second kappa shape index (κ2) is 5.73. The largest absolute Gasteiger partial charge is 0.493 e. The molecule has 102 valence electrons. The zero-order valence-electron chi connectivity index (χ0n) is 10.9. The van der Waals surface area contributed by atoms with E-state index in [2.05, 4.69) is 12.1 Å². The Balaban J connectivity index is 1.82. The standard InChI is InChI=1S/C16H13ClO2S/c1-18-14-7-2-3-8-15(14)19-10-12-9-11-5-4-6-13(17)16(11)20-12/h2-9H,10H2,1H3. The second-order valence-electron chi connectivity index (χ2n) is 4.31.